The van der Waals surface area contributed by atoms with Crippen molar-refractivity contribution in [3.63, 3.8) is 0 Å². The maximum Gasteiger partial charge on any atom is 0.123 e. The van der Waals surface area contributed by atoms with Crippen LogP contribution in [0.2, 0.25) is 0 Å². The molecule has 0 saturated carbocycles. The second-order valence-corrected chi connectivity index (χ2v) is 7.50. The van der Waals surface area contributed by atoms with Crippen molar-refractivity contribution in [1.82, 2.24) is 0 Å². The number of ether oxygens (including phenoxy) is 3. The first kappa shape index (κ1) is 16.9. The van der Waals surface area contributed by atoms with Crippen LogP contribution in [0.15, 0.2) is 0 Å². The van der Waals surface area contributed by atoms with E-state index in [0.29, 0.717) is 13.0 Å². The van der Waals surface area contributed by atoms with Crippen LogP contribution in [0.1, 0.15) is 54.9 Å². The Hall–Kier alpha value is -0.160. The summed E-state index contributed by atoms with van der Waals surface area (Å²) in [6, 6.07) is 0. The van der Waals surface area contributed by atoms with E-state index in [-0.39, 0.29) is 30.0 Å². The van der Waals surface area contributed by atoms with Gasteiger partial charge in [-0.1, -0.05) is 0 Å². The van der Waals surface area contributed by atoms with Gasteiger partial charge in [0.2, 0.25) is 0 Å². The molecule has 0 aromatic heterocycles. The number of hydrogen-bond acceptors (Lipinski definition) is 4. The van der Waals surface area contributed by atoms with E-state index < -0.39 is 5.60 Å². The Morgan fingerprint density at radius 1 is 1.16 bits per heavy atom. The first-order chi connectivity index (χ1) is 8.47. The van der Waals surface area contributed by atoms with E-state index in [0.717, 1.165) is 0 Å². The van der Waals surface area contributed by atoms with Gasteiger partial charge in [0.25, 0.3) is 0 Å². The van der Waals surface area contributed by atoms with Crippen LogP contribution in [0.5, 0.6) is 0 Å². The molecule has 1 N–H and O–H groups in total. The minimum atomic E-state index is -0.664. The van der Waals surface area contributed by atoms with Gasteiger partial charge in [0.1, 0.15) is 11.7 Å². The lowest BCUT2D eigenvalue weighted by Gasteiger charge is -2.39. The van der Waals surface area contributed by atoms with E-state index in [4.69, 9.17) is 14.2 Å². The molecule has 1 aliphatic heterocycles. The van der Waals surface area contributed by atoms with Gasteiger partial charge in [-0.15, -0.1) is 0 Å². The topological polar surface area (TPSA) is 47.9 Å². The van der Waals surface area contributed by atoms with Gasteiger partial charge in [0.15, 0.2) is 0 Å². The summed E-state index contributed by atoms with van der Waals surface area (Å²) in [5.74, 6) is 0. The van der Waals surface area contributed by atoms with Crippen molar-refractivity contribution in [3.05, 3.63) is 0 Å². The first-order valence-electron chi connectivity index (χ1n) is 7.08. The van der Waals surface area contributed by atoms with Gasteiger partial charge in [0.05, 0.1) is 30.5 Å². The van der Waals surface area contributed by atoms with Crippen molar-refractivity contribution in [2.75, 3.05) is 13.2 Å². The Labute approximate surface area is 117 Å². The number of aliphatic hydroxyl groups excluding tert-OH is 1. The van der Waals surface area contributed by atoms with Gasteiger partial charge in [0, 0.05) is 6.42 Å². The third-order valence-electron chi connectivity index (χ3n) is 3.06. The summed E-state index contributed by atoms with van der Waals surface area (Å²) in [6.45, 7) is 14.4. The molecule has 114 valence electrons. The molecule has 19 heavy (non-hydrogen) atoms. The first-order valence-corrected chi connectivity index (χ1v) is 7.08. The monoisotopic (exact) mass is 274 g/mol. The molecule has 0 aliphatic carbocycles. The average molecular weight is 274 g/mol. The van der Waals surface area contributed by atoms with Crippen molar-refractivity contribution in [2.24, 2.45) is 0 Å². The predicted octanol–water partition coefficient (Wildman–Crippen LogP) is 2.53. The molecule has 1 rings (SSSR count). The largest absolute Gasteiger partial charge is 0.393 e. The molecule has 1 aliphatic rings. The zero-order valence-electron chi connectivity index (χ0n) is 13.4. The van der Waals surface area contributed by atoms with Crippen LogP contribution in [0.25, 0.3) is 0 Å². The van der Waals surface area contributed by atoms with Crippen LogP contribution >= 0.6 is 0 Å². The summed E-state index contributed by atoms with van der Waals surface area (Å²) >= 11 is 0. The maximum atomic E-state index is 9.84. The van der Waals surface area contributed by atoms with E-state index in [1.165, 1.54) is 0 Å². The number of aliphatic hydroxyl groups is 1. The summed E-state index contributed by atoms with van der Waals surface area (Å²) < 4.78 is 17.8. The second-order valence-electron chi connectivity index (χ2n) is 7.50. The average Bonchev–Trinajstić information content (AvgIpc) is 2.49. The van der Waals surface area contributed by atoms with Crippen molar-refractivity contribution in [2.45, 2.75) is 83.9 Å². The Bertz CT molecular complexity index is 290. The number of rotatable bonds is 4. The molecule has 1 saturated heterocycles. The SMILES string of the molecule is C[C@H]1C[C@](CO)(OC(C)(C)C)[C@@H](COC(C)(C)C)O1. The van der Waals surface area contributed by atoms with Crippen LogP contribution in [0, 0.1) is 0 Å². The lowest BCUT2D eigenvalue weighted by Crippen LogP contribution is -2.51. The smallest absolute Gasteiger partial charge is 0.123 e. The zero-order valence-corrected chi connectivity index (χ0v) is 13.4. The Morgan fingerprint density at radius 3 is 2.16 bits per heavy atom. The summed E-state index contributed by atoms with van der Waals surface area (Å²) in [6.07, 6.45) is 0.535. The van der Waals surface area contributed by atoms with Crippen molar-refractivity contribution >= 4 is 0 Å². The summed E-state index contributed by atoms with van der Waals surface area (Å²) in [5.41, 5.74) is -1.21. The van der Waals surface area contributed by atoms with E-state index in [1.807, 2.05) is 48.5 Å². The van der Waals surface area contributed by atoms with E-state index in [9.17, 15) is 5.11 Å². The van der Waals surface area contributed by atoms with Gasteiger partial charge in [-0.2, -0.15) is 0 Å². The zero-order chi connectivity index (χ0) is 14.9. The molecular formula is C15H30O4. The van der Waals surface area contributed by atoms with Gasteiger partial charge in [-0.3, -0.25) is 0 Å². The number of hydrogen-bond donors (Lipinski definition) is 1. The van der Waals surface area contributed by atoms with E-state index >= 15 is 0 Å². The molecule has 0 unspecified atom stereocenters. The Kier molecular flexibility index (Phi) is 5.05. The van der Waals surface area contributed by atoms with Crippen LogP contribution in [-0.2, 0) is 14.2 Å². The molecule has 3 atom stereocenters. The van der Waals surface area contributed by atoms with Gasteiger partial charge >= 0.3 is 0 Å². The minimum Gasteiger partial charge on any atom is -0.393 e. The highest BCUT2D eigenvalue weighted by Crippen LogP contribution is 2.37. The Morgan fingerprint density at radius 2 is 1.74 bits per heavy atom. The normalized spacial score (nSPS) is 32.8. The van der Waals surface area contributed by atoms with Gasteiger partial charge in [-0.25, -0.2) is 0 Å². The fourth-order valence-corrected chi connectivity index (χ4v) is 2.50. The predicted molar refractivity (Wildman–Crippen MR) is 75.3 cm³/mol. The van der Waals surface area contributed by atoms with Crippen LogP contribution in [0.4, 0.5) is 0 Å². The van der Waals surface area contributed by atoms with E-state index in [2.05, 4.69) is 0 Å². The highest BCUT2D eigenvalue weighted by molar-refractivity contribution is 4.98. The summed E-state index contributed by atoms with van der Waals surface area (Å²) in [7, 11) is 0. The highest BCUT2D eigenvalue weighted by atomic mass is 16.6. The molecule has 1 heterocycles. The lowest BCUT2D eigenvalue weighted by molar-refractivity contribution is -0.195. The molecule has 1 fully saturated rings. The van der Waals surface area contributed by atoms with Crippen LogP contribution in [-0.4, -0.2) is 47.3 Å². The molecular weight excluding hydrogens is 244 g/mol. The van der Waals surface area contributed by atoms with Gasteiger partial charge < -0.3 is 19.3 Å². The van der Waals surface area contributed by atoms with E-state index in [1.54, 1.807) is 0 Å². The highest BCUT2D eigenvalue weighted by Gasteiger charge is 2.50. The van der Waals surface area contributed by atoms with Crippen molar-refractivity contribution in [1.29, 1.82) is 0 Å². The Balaban J connectivity index is 2.80. The fourth-order valence-electron chi connectivity index (χ4n) is 2.50. The molecule has 0 aromatic rings. The second kappa shape index (κ2) is 5.68. The summed E-state index contributed by atoms with van der Waals surface area (Å²) in [5, 5.41) is 9.84. The third-order valence-corrected chi connectivity index (χ3v) is 3.06. The molecule has 0 spiro atoms. The molecule has 0 aromatic carbocycles. The standard InChI is InChI=1S/C15H30O4/c1-11-8-15(10-16,19-14(5,6)7)12(18-11)9-17-13(2,3)4/h11-12,16H,8-10H2,1-7H3/t11-,12+,15+/m0/s1. The quantitative estimate of drug-likeness (QED) is 0.856. The summed E-state index contributed by atoms with van der Waals surface area (Å²) in [4.78, 5) is 0. The van der Waals surface area contributed by atoms with Crippen molar-refractivity contribution in [3.8, 4) is 0 Å². The molecule has 4 heteroatoms. The molecule has 0 radical (unpaired) electrons. The van der Waals surface area contributed by atoms with Crippen molar-refractivity contribution < 1.29 is 19.3 Å². The lowest BCUT2D eigenvalue weighted by atomic mass is 9.93. The van der Waals surface area contributed by atoms with Crippen LogP contribution < -0.4 is 0 Å². The molecule has 0 bridgehead atoms. The third kappa shape index (κ3) is 5.03. The molecule has 4 nitrogen and oxygen atoms in total. The van der Waals surface area contributed by atoms with Crippen LogP contribution in [0.3, 0.4) is 0 Å². The maximum absolute atomic E-state index is 9.84. The fraction of sp³-hybridized carbons (Fsp3) is 1.00. The van der Waals surface area contributed by atoms with Gasteiger partial charge in [-0.05, 0) is 48.5 Å². The minimum absolute atomic E-state index is 0.0488. The molecule has 0 amide bonds.